The zero-order valence-corrected chi connectivity index (χ0v) is 20.5. The minimum absolute atomic E-state index is 0.104. The fourth-order valence-corrected chi connectivity index (χ4v) is 4.05. The molecule has 1 unspecified atom stereocenters. The second kappa shape index (κ2) is 11.2. The third-order valence-electron chi connectivity index (χ3n) is 5.52. The Morgan fingerprint density at radius 2 is 1.85 bits per heavy atom. The van der Waals surface area contributed by atoms with Crippen molar-refractivity contribution in [1.82, 2.24) is 0 Å². The summed E-state index contributed by atoms with van der Waals surface area (Å²) in [5.74, 6) is -0.595. The summed E-state index contributed by atoms with van der Waals surface area (Å²) in [6.45, 7) is 5.30. The SMILES string of the molecule is COCOc1c(OC)c(OC)cc2c1C(=O)O[C@@H](C)CC=CC(O)[C@H]1OC(C)(C)O[C@H]1CC=C2. The Kier molecular flexibility index (Phi) is 8.59. The normalized spacial score (nSPS) is 26.7. The molecule has 0 radical (unpaired) electrons. The van der Waals surface area contributed by atoms with Crippen LogP contribution in [-0.2, 0) is 18.9 Å². The van der Waals surface area contributed by atoms with Crippen LogP contribution in [0.15, 0.2) is 24.3 Å². The van der Waals surface area contributed by atoms with Crippen LogP contribution in [0.1, 0.15) is 49.5 Å². The molecule has 0 amide bonds. The van der Waals surface area contributed by atoms with Crippen molar-refractivity contribution in [2.24, 2.45) is 0 Å². The molecule has 188 valence electrons. The van der Waals surface area contributed by atoms with Gasteiger partial charge in [-0.3, -0.25) is 0 Å². The molecule has 1 saturated heterocycles. The molecule has 3 rings (SSSR count). The van der Waals surface area contributed by atoms with E-state index < -0.39 is 30.1 Å². The summed E-state index contributed by atoms with van der Waals surface area (Å²) in [5, 5.41) is 10.7. The molecule has 2 aliphatic heterocycles. The number of methoxy groups -OCH3 is 3. The first-order chi connectivity index (χ1) is 16.2. The molecule has 2 aliphatic rings. The highest BCUT2D eigenvalue weighted by Gasteiger charge is 2.43. The summed E-state index contributed by atoms with van der Waals surface area (Å²) in [5.41, 5.74) is 0.711. The first-order valence-corrected chi connectivity index (χ1v) is 11.2. The molecule has 0 aliphatic carbocycles. The van der Waals surface area contributed by atoms with E-state index in [-0.39, 0.29) is 30.0 Å². The molecule has 34 heavy (non-hydrogen) atoms. The molecule has 1 aromatic carbocycles. The zero-order valence-electron chi connectivity index (χ0n) is 20.5. The molecule has 2 heterocycles. The van der Waals surface area contributed by atoms with Gasteiger partial charge >= 0.3 is 5.97 Å². The molecular weight excluding hydrogens is 444 g/mol. The van der Waals surface area contributed by atoms with Gasteiger partial charge in [0.15, 0.2) is 24.1 Å². The number of fused-ring (bicyclic) bond motifs is 2. The van der Waals surface area contributed by atoms with Crippen LogP contribution in [0, 0.1) is 0 Å². The van der Waals surface area contributed by atoms with Gasteiger partial charge in [0.05, 0.1) is 20.3 Å². The van der Waals surface area contributed by atoms with Crippen molar-refractivity contribution in [3.05, 3.63) is 35.4 Å². The average molecular weight is 479 g/mol. The van der Waals surface area contributed by atoms with Crippen molar-refractivity contribution < 1.29 is 43.1 Å². The lowest BCUT2D eigenvalue weighted by Crippen LogP contribution is -2.34. The standard InChI is InChI=1S/C25H34O9/c1-15-9-7-11-17(26)21-18(33-25(2,3)34-21)12-8-10-16-13-19(29-5)22(30-6)23(31-14-28-4)20(16)24(27)32-15/h7-8,10-11,13,15,17-18,21,26H,9,12,14H2,1-6H3/t15-,17?,18-,21+/m0/s1. The number of benzene rings is 1. The van der Waals surface area contributed by atoms with Crippen LogP contribution in [-0.4, -0.2) is 69.4 Å². The van der Waals surface area contributed by atoms with E-state index in [9.17, 15) is 9.90 Å². The fourth-order valence-electron chi connectivity index (χ4n) is 4.05. The maximum absolute atomic E-state index is 13.3. The van der Waals surface area contributed by atoms with Gasteiger partial charge in [-0.15, -0.1) is 0 Å². The Balaban J connectivity index is 2.10. The van der Waals surface area contributed by atoms with Crippen LogP contribution in [0.2, 0.25) is 0 Å². The van der Waals surface area contributed by atoms with Gasteiger partial charge in [-0.2, -0.15) is 0 Å². The van der Waals surface area contributed by atoms with E-state index in [0.29, 0.717) is 24.2 Å². The van der Waals surface area contributed by atoms with Crippen LogP contribution in [0.4, 0.5) is 0 Å². The first-order valence-electron chi connectivity index (χ1n) is 11.2. The Hall–Kier alpha value is -2.59. The minimum atomic E-state index is -0.864. The third kappa shape index (κ3) is 5.90. The lowest BCUT2D eigenvalue weighted by Gasteiger charge is -2.21. The molecule has 9 heteroatoms. The number of rotatable bonds is 5. The number of ether oxygens (including phenoxy) is 7. The highest BCUT2D eigenvalue weighted by atomic mass is 16.8. The number of carbonyl (C=O) groups excluding carboxylic acids is 1. The summed E-state index contributed by atoms with van der Waals surface area (Å²) in [6, 6.07) is 1.68. The second-order valence-electron chi connectivity index (χ2n) is 8.60. The second-order valence-corrected chi connectivity index (χ2v) is 8.60. The van der Waals surface area contributed by atoms with Gasteiger partial charge in [0.25, 0.3) is 0 Å². The van der Waals surface area contributed by atoms with Gasteiger partial charge in [-0.1, -0.05) is 24.3 Å². The van der Waals surface area contributed by atoms with E-state index in [2.05, 4.69) is 0 Å². The molecular formula is C25H34O9. The van der Waals surface area contributed by atoms with Gasteiger partial charge in [0.1, 0.15) is 23.9 Å². The van der Waals surface area contributed by atoms with Crippen molar-refractivity contribution in [2.75, 3.05) is 28.1 Å². The highest BCUT2D eigenvalue weighted by molar-refractivity contribution is 5.98. The van der Waals surface area contributed by atoms with Gasteiger partial charge in [-0.05, 0) is 38.8 Å². The molecule has 1 fully saturated rings. The summed E-state index contributed by atoms with van der Waals surface area (Å²) in [4.78, 5) is 13.3. The number of aliphatic hydroxyl groups is 1. The number of esters is 1. The summed E-state index contributed by atoms with van der Waals surface area (Å²) in [6.07, 6.45) is 5.63. The molecule has 0 aromatic heterocycles. The lowest BCUT2D eigenvalue weighted by molar-refractivity contribution is -0.152. The zero-order chi connectivity index (χ0) is 24.9. The largest absolute Gasteiger partial charge is 0.493 e. The molecule has 9 nitrogen and oxygen atoms in total. The number of hydrogen-bond acceptors (Lipinski definition) is 9. The van der Waals surface area contributed by atoms with Gasteiger partial charge in [0.2, 0.25) is 5.75 Å². The van der Waals surface area contributed by atoms with Crippen LogP contribution in [0.5, 0.6) is 17.2 Å². The Morgan fingerprint density at radius 3 is 2.53 bits per heavy atom. The van der Waals surface area contributed by atoms with Crippen LogP contribution >= 0.6 is 0 Å². The number of cyclic esters (lactones) is 1. The first kappa shape index (κ1) is 26.0. The average Bonchev–Trinajstić information content (AvgIpc) is 3.10. The number of carbonyl (C=O) groups is 1. The van der Waals surface area contributed by atoms with E-state index in [1.54, 1.807) is 31.2 Å². The van der Waals surface area contributed by atoms with Gasteiger partial charge in [-0.25, -0.2) is 4.79 Å². The summed E-state index contributed by atoms with van der Waals surface area (Å²) >= 11 is 0. The Bertz CT molecular complexity index is 921. The summed E-state index contributed by atoms with van der Waals surface area (Å²) in [7, 11) is 4.45. The van der Waals surface area contributed by atoms with Gasteiger partial charge < -0.3 is 38.3 Å². The fraction of sp³-hybridized carbons (Fsp3) is 0.560. The Morgan fingerprint density at radius 1 is 1.09 bits per heavy atom. The molecule has 1 N–H and O–H groups in total. The molecule has 4 atom stereocenters. The van der Waals surface area contributed by atoms with Crippen molar-refractivity contribution in [1.29, 1.82) is 0 Å². The van der Waals surface area contributed by atoms with E-state index in [1.807, 2.05) is 19.9 Å². The maximum atomic E-state index is 13.3. The van der Waals surface area contributed by atoms with E-state index in [1.165, 1.54) is 21.3 Å². The maximum Gasteiger partial charge on any atom is 0.342 e. The van der Waals surface area contributed by atoms with E-state index in [0.717, 1.165) is 0 Å². The smallest absolute Gasteiger partial charge is 0.342 e. The van der Waals surface area contributed by atoms with Crippen molar-refractivity contribution in [3.8, 4) is 17.2 Å². The van der Waals surface area contributed by atoms with Crippen LogP contribution in [0.3, 0.4) is 0 Å². The van der Waals surface area contributed by atoms with Crippen molar-refractivity contribution in [2.45, 2.75) is 63.8 Å². The van der Waals surface area contributed by atoms with Crippen molar-refractivity contribution >= 4 is 12.0 Å². The predicted molar refractivity (Wildman–Crippen MR) is 124 cm³/mol. The highest BCUT2D eigenvalue weighted by Crippen LogP contribution is 2.43. The lowest BCUT2D eigenvalue weighted by atomic mass is 10.0. The molecule has 1 aromatic rings. The topological polar surface area (TPSA) is 102 Å². The van der Waals surface area contributed by atoms with Gasteiger partial charge in [0, 0.05) is 13.5 Å². The third-order valence-corrected chi connectivity index (χ3v) is 5.52. The molecule has 0 saturated carbocycles. The van der Waals surface area contributed by atoms with E-state index >= 15 is 0 Å². The predicted octanol–water partition coefficient (Wildman–Crippen LogP) is 3.48. The Labute approximate surface area is 200 Å². The molecule has 0 spiro atoms. The minimum Gasteiger partial charge on any atom is -0.493 e. The van der Waals surface area contributed by atoms with Crippen molar-refractivity contribution in [3.63, 3.8) is 0 Å². The quantitative estimate of drug-likeness (QED) is 0.387. The monoisotopic (exact) mass is 478 g/mol. The number of hydrogen-bond donors (Lipinski definition) is 1. The number of aliphatic hydroxyl groups excluding tert-OH is 1. The molecule has 0 bridgehead atoms. The van der Waals surface area contributed by atoms with E-state index in [4.69, 9.17) is 33.2 Å². The van der Waals surface area contributed by atoms with Crippen LogP contribution in [0.25, 0.3) is 6.08 Å². The summed E-state index contributed by atoms with van der Waals surface area (Å²) < 4.78 is 39.5. The van der Waals surface area contributed by atoms with Crippen LogP contribution < -0.4 is 14.2 Å².